The summed E-state index contributed by atoms with van der Waals surface area (Å²) in [6.45, 7) is 2.15. The Morgan fingerprint density at radius 3 is 2.44 bits per heavy atom. The molecule has 0 fully saturated rings. The number of carbonyl (C=O) groups is 2. The van der Waals surface area contributed by atoms with Crippen LogP contribution in [-0.4, -0.2) is 42.0 Å². The Balaban J connectivity index is 2.77. The monoisotopic (exact) mass is 230 g/mol. The van der Waals surface area contributed by atoms with E-state index in [1.54, 1.807) is 0 Å². The van der Waals surface area contributed by atoms with Gasteiger partial charge in [-0.3, -0.25) is 9.59 Å². The molecule has 16 heavy (non-hydrogen) atoms. The van der Waals surface area contributed by atoms with Crippen LogP contribution in [0.5, 0.6) is 0 Å². The molecular weight excluding hydrogens is 216 g/mol. The van der Waals surface area contributed by atoms with Crippen molar-refractivity contribution < 1.29 is 28.9 Å². The van der Waals surface area contributed by atoms with E-state index >= 15 is 0 Å². The van der Waals surface area contributed by atoms with Gasteiger partial charge in [0.25, 0.3) is 0 Å². The molecule has 6 nitrogen and oxygen atoms in total. The molecule has 0 bridgehead atoms. The van der Waals surface area contributed by atoms with Gasteiger partial charge in [-0.15, -0.1) is 0 Å². The molecule has 0 radical (unpaired) electrons. The van der Waals surface area contributed by atoms with Crippen molar-refractivity contribution in [2.45, 2.75) is 32.2 Å². The Morgan fingerprint density at radius 1 is 1.31 bits per heavy atom. The average molecular weight is 230 g/mol. The molecule has 0 unspecified atom stereocenters. The smallest absolute Gasteiger partial charge is 0.303 e. The van der Waals surface area contributed by atoms with E-state index in [1.165, 1.54) is 26.2 Å². The Bertz CT molecular complexity index is 298. The molecule has 1 heterocycles. The second-order valence-electron chi connectivity index (χ2n) is 3.33. The zero-order valence-corrected chi connectivity index (χ0v) is 9.08. The fourth-order valence-electron chi connectivity index (χ4n) is 1.40. The zero-order valence-electron chi connectivity index (χ0n) is 9.08. The van der Waals surface area contributed by atoms with Gasteiger partial charge in [-0.25, -0.2) is 0 Å². The number of aliphatic hydroxyl groups excluding tert-OH is 1. The second kappa shape index (κ2) is 5.50. The zero-order chi connectivity index (χ0) is 12.1. The summed E-state index contributed by atoms with van der Waals surface area (Å²) in [5.74, 6) is -1.02. The molecule has 0 aromatic carbocycles. The number of rotatable bonds is 3. The van der Waals surface area contributed by atoms with Gasteiger partial charge in [0.15, 0.2) is 18.3 Å². The molecule has 0 aromatic heterocycles. The summed E-state index contributed by atoms with van der Waals surface area (Å²) in [7, 11) is 0. The van der Waals surface area contributed by atoms with E-state index in [-0.39, 0.29) is 6.61 Å². The fourth-order valence-corrected chi connectivity index (χ4v) is 1.40. The predicted octanol–water partition coefficient (Wildman–Crippen LogP) is -0.245. The molecular formula is C10H14O6. The quantitative estimate of drug-likeness (QED) is 0.673. The molecule has 0 amide bonds. The number of esters is 2. The Kier molecular flexibility index (Phi) is 4.30. The van der Waals surface area contributed by atoms with Crippen LogP contribution in [0.1, 0.15) is 13.8 Å². The van der Waals surface area contributed by atoms with Crippen LogP contribution < -0.4 is 0 Å². The van der Waals surface area contributed by atoms with Crippen molar-refractivity contribution >= 4 is 11.9 Å². The normalized spacial score (nSPS) is 28.1. The standard InChI is InChI=1S/C10H14O6/c1-6(12)15-8-3-4-14-9(5-11)10(8)16-7(2)13/h3-4,8-11H,5H2,1-2H3/t8-,9-,10+/m1/s1. The number of aliphatic hydroxyl groups is 1. The van der Waals surface area contributed by atoms with Gasteiger partial charge in [0.2, 0.25) is 0 Å². The lowest BCUT2D eigenvalue weighted by atomic mass is 10.1. The van der Waals surface area contributed by atoms with Gasteiger partial charge >= 0.3 is 11.9 Å². The highest BCUT2D eigenvalue weighted by Crippen LogP contribution is 2.19. The highest BCUT2D eigenvalue weighted by atomic mass is 16.6. The van der Waals surface area contributed by atoms with Gasteiger partial charge in [-0.1, -0.05) is 0 Å². The van der Waals surface area contributed by atoms with Crippen molar-refractivity contribution in [2.75, 3.05) is 6.61 Å². The van der Waals surface area contributed by atoms with E-state index in [4.69, 9.17) is 19.3 Å². The first-order valence-electron chi connectivity index (χ1n) is 4.82. The molecule has 3 atom stereocenters. The van der Waals surface area contributed by atoms with Crippen LogP contribution in [0.15, 0.2) is 12.3 Å². The molecule has 0 aliphatic carbocycles. The predicted molar refractivity (Wildman–Crippen MR) is 52.2 cm³/mol. The van der Waals surface area contributed by atoms with E-state index < -0.39 is 30.3 Å². The van der Waals surface area contributed by atoms with E-state index in [9.17, 15) is 9.59 Å². The topological polar surface area (TPSA) is 82.1 Å². The van der Waals surface area contributed by atoms with Crippen LogP contribution in [0.25, 0.3) is 0 Å². The molecule has 0 saturated carbocycles. The maximum Gasteiger partial charge on any atom is 0.303 e. The largest absolute Gasteiger partial charge is 0.492 e. The minimum absolute atomic E-state index is 0.333. The second-order valence-corrected chi connectivity index (χ2v) is 3.33. The number of ether oxygens (including phenoxy) is 3. The van der Waals surface area contributed by atoms with Gasteiger partial charge in [0.05, 0.1) is 12.9 Å². The van der Waals surface area contributed by atoms with Crippen molar-refractivity contribution in [3.63, 3.8) is 0 Å². The third kappa shape index (κ3) is 3.23. The minimum atomic E-state index is -0.823. The molecule has 90 valence electrons. The summed E-state index contributed by atoms with van der Waals surface area (Å²) in [6.07, 6.45) is 0.497. The highest BCUT2D eigenvalue weighted by Gasteiger charge is 2.36. The summed E-state index contributed by atoms with van der Waals surface area (Å²) in [6, 6.07) is 0. The van der Waals surface area contributed by atoms with Crippen LogP contribution in [0.2, 0.25) is 0 Å². The van der Waals surface area contributed by atoms with E-state index in [1.807, 2.05) is 0 Å². The Hall–Kier alpha value is -1.56. The SMILES string of the molecule is CC(=O)O[C@H]1[C@H](OC(C)=O)C=CO[C@@H]1CO. The number of hydrogen-bond acceptors (Lipinski definition) is 6. The fraction of sp³-hybridized carbons (Fsp3) is 0.600. The molecule has 1 aliphatic rings. The van der Waals surface area contributed by atoms with E-state index in [0.717, 1.165) is 0 Å². The molecule has 0 aromatic rings. The van der Waals surface area contributed by atoms with Gasteiger partial charge in [0.1, 0.15) is 0 Å². The van der Waals surface area contributed by atoms with E-state index in [2.05, 4.69) is 0 Å². The average Bonchev–Trinajstić information content (AvgIpc) is 2.19. The first-order chi connectivity index (χ1) is 7.54. The summed E-state index contributed by atoms with van der Waals surface area (Å²) in [4.78, 5) is 21.7. The van der Waals surface area contributed by atoms with Crippen LogP contribution >= 0.6 is 0 Å². The minimum Gasteiger partial charge on any atom is -0.492 e. The van der Waals surface area contributed by atoms with Crippen LogP contribution in [0, 0.1) is 0 Å². The molecule has 0 spiro atoms. The molecule has 0 saturated heterocycles. The van der Waals surface area contributed by atoms with E-state index in [0.29, 0.717) is 0 Å². The van der Waals surface area contributed by atoms with Crippen molar-refractivity contribution in [2.24, 2.45) is 0 Å². The first-order valence-corrected chi connectivity index (χ1v) is 4.82. The maximum absolute atomic E-state index is 10.9. The van der Waals surface area contributed by atoms with Crippen molar-refractivity contribution in [3.05, 3.63) is 12.3 Å². The molecule has 1 N–H and O–H groups in total. The molecule has 1 aliphatic heterocycles. The maximum atomic E-state index is 10.9. The van der Waals surface area contributed by atoms with Gasteiger partial charge < -0.3 is 19.3 Å². The van der Waals surface area contributed by atoms with Crippen LogP contribution in [0.4, 0.5) is 0 Å². The summed E-state index contributed by atoms with van der Waals surface area (Å²) >= 11 is 0. The lowest BCUT2D eigenvalue weighted by Crippen LogP contribution is -2.46. The Morgan fingerprint density at radius 2 is 1.94 bits per heavy atom. The van der Waals surface area contributed by atoms with Crippen molar-refractivity contribution in [3.8, 4) is 0 Å². The summed E-state index contributed by atoms with van der Waals surface area (Å²) in [5, 5.41) is 9.04. The summed E-state index contributed by atoms with van der Waals surface area (Å²) < 4.78 is 15.0. The number of hydrogen-bond donors (Lipinski definition) is 1. The highest BCUT2D eigenvalue weighted by molar-refractivity contribution is 5.67. The third-order valence-electron chi connectivity index (χ3n) is 2.00. The van der Waals surface area contributed by atoms with Gasteiger partial charge in [-0.2, -0.15) is 0 Å². The van der Waals surface area contributed by atoms with Crippen LogP contribution in [0.3, 0.4) is 0 Å². The summed E-state index contributed by atoms with van der Waals surface area (Å²) in [5.41, 5.74) is 0. The van der Waals surface area contributed by atoms with Crippen molar-refractivity contribution in [1.29, 1.82) is 0 Å². The molecule has 6 heteroatoms. The number of carbonyl (C=O) groups excluding carboxylic acids is 2. The lowest BCUT2D eigenvalue weighted by molar-refractivity contribution is -0.175. The van der Waals surface area contributed by atoms with Crippen molar-refractivity contribution in [1.82, 2.24) is 0 Å². The Labute approximate surface area is 92.8 Å². The first kappa shape index (κ1) is 12.5. The lowest BCUT2D eigenvalue weighted by Gasteiger charge is -2.32. The van der Waals surface area contributed by atoms with Gasteiger partial charge in [0, 0.05) is 13.8 Å². The third-order valence-corrected chi connectivity index (χ3v) is 2.00. The molecule has 1 rings (SSSR count). The van der Waals surface area contributed by atoms with Gasteiger partial charge in [-0.05, 0) is 6.08 Å². The van der Waals surface area contributed by atoms with Crippen LogP contribution in [-0.2, 0) is 23.8 Å².